The zero-order valence-corrected chi connectivity index (χ0v) is 10.7. The first-order valence-electron chi connectivity index (χ1n) is 6.59. The molecular formula is C15H18N2O. The van der Waals surface area contributed by atoms with E-state index in [2.05, 4.69) is 30.1 Å². The minimum Gasteiger partial charge on any atom is -0.387 e. The lowest BCUT2D eigenvalue weighted by molar-refractivity contribution is 0.123. The van der Waals surface area contributed by atoms with Crippen molar-refractivity contribution in [2.45, 2.75) is 31.8 Å². The van der Waals surface area contributed by atoms with Crippen molar-refractivity contribution in [2.75, 3.05) is 18.5 Å². The lowest BCUT2D eigenvalue weighted by Crippen LogP contribution is -2.25. The summed E-state index contributed by atoms with van der Waals surface area (Å²) in [6.45, 7) is 1.09. The van der Waals surface area contributed by atoms with E-state index in [1.807, 2.05) is 6.07 Å². The average Bonchev–Trinajstić information content (AvgIpc) is 3.19. The Morgan fingerprint density at radius 3 is 2.89 bits per heavy atom. The molecule has 1 aromatic carbocycles. The average molecular weight is 242 g/mol. The van der Waals surface area contributed by atoms with Gasteiger partial charge in [0, 0.05) is 19.3 Å². The maximum absolute atomic E-state index is 10.3. The minimum atomic E-state index is -0.625. The molecule has 3 heteroatoms. The lowest BCUT2D eigenvalue weighted by Gasteiger charge is -2.28. The Kier molecular flexibility index (Phi) is 2.57. The largest absolute Gasteiger partial charge is 0.387 e. The van der Waals surface area contributed by atoms with E-state index in [0.717, 1.165) is 37.8 Å². The van der Waals surface area contributed by atoms with Crippen molar-refractivity contribution in [3.05, 3.63) is 29.3 Å². The molecule has 1 unspecified atom stereocenters. The van der Waals surface area contributed by atoms with Crippen molar-refractivity contribution in [1.82, 2.24) is 0 Å². The first-order valence-corrected chi connectivity index (χ1v) is 6.59. The Morgan fingerprint density at radius 2 is 2.22 bits per heavy atom. The normalized spacial score (nSPS) is 21.9. The van der Waals surface area contributed by atoms with Crippen LogP contribution >= 0.6 is 0 Å². The second kappa shape index (κ2) is 4.00. The van der Waals surface area contributed by atoms with E-state index in [9.17, 15) is 5.11 Å². The van der Waals surface area contributed by atoms with Crippen molar-refractivity contribution >= 4 is 5.69 Å². The van der Waals surface area contributed by atoms with Crippen LogP contribution in [0.4, 0.5) is 5.69 Å². The number of nitrogens with zero attached hydrogens (tertiary/aromatic N) is 2. The van der Waals surface area contributed by atoms with Gasteiger partial charge in [0.1, 0.15) is 0 Å². The topological polar surface area (TPSA) is 47.3 Å². The van der Waals surface area contributed by atoms with Gasteiger partial charge in [0.05, 0.1) is 17.6 Å². The van der Waals surface area contributed by atoms with E-state index >= 15 is 0 Å². The smallest absolute Gasteiger partial charge is 0.0976 e. The molecular weight excluding hydrogens is 224 g/mol. The van der Waals surface area contributed by atoms with E-state index in [4.69, 9.17) is 5.26 Å². The molecule has 18 heavy (non-hydrogen) atoms. The van der Waals surface area contributed by atoms with E-state index in [-0.39, 0.29) is 0 Å². The highest BCUT2D eigenvalue weighted by Crippen LogP contribution is 2.54. The zero-order valence-electron chi connectivity index (χ0n) is 10.7. The Balaban J connectivity index is 1.93. The molecule has 1 heterocycles. The molecule has 1 saturated carbocycles. The van der Waals surface area contributed by atoms with Crippen molar-refractivity contribution in [1.29, 1.82) is 5.26 Å². The van der Waals surface area contributed by atoms with Crippen molar-refractivity contribution in [3.63, 3.8) is 0 Å². The molecule has 1 aliphatic carbocycles. The summed E-state index contributed by atoms with van der Waals surface area (Å²) >= 11 is 0. The van der Waals surface area contributed by atoms with Crippen LogP contribution in [-0.4, -0.2) is 18.7 Å². The maximum Gasteiger partial charge on any atom is 0.0976 e. The van der Waals surface area contributed by atoms with Crippen LogP contribution in [0.3, 0.4) is 0 Å². The molecule has 1 aromatic rings. The summed E-state index contributed by atoms with van der Waals surface area (Å²) in [5, 5.41) is 19.5. The third kappa shape index (κ3) is 1.69. The Hall–Kier alpha value is -1.53. The Bertz CT molecular complexity index is 514. The van der Waals surface area contributed by atoms with Gasteiger partial charge in [0.25, 0.3) is 0 Å². The van der Waals surface area contributed by atoms with Crippen molar-refractivity contribution in [3.8, 4) is 6.07 Å². The lowest BCUT2D eigenvalue weighted by atomic mass is 9.91. The van der Waals surface area contributed by atoms with Crippen LogP contribution in [0, 0.1) is 16.7 Å². The first-order chi connectivity index (χ1) is 8.66. The summed E-state index contributed by atoms with van der Waals surface area (Å²) in [5.74, 6) is 0. The first kappa shape index (κ1) is 11.6. The molecule has 1 N–H and O–H groups in total. The van der Waals surface area contributed by atoms with Gasteiger partial charge in [-0.3, -0.25) is 0 Å². The summed E-state index contributed by atoms with van der Waals surface area (Å²) in [7, 11) is 2.10. The number of aryl methyl sites for hydroxylation is 1. The molecule has 3 rings (SSSR count). The van der Waals surface area contributed by atoms with Crippen molar-refractivity contribution in [2.24, 2.45) is 5.41 Å². The van der Waals surface area contributed by atoms with Crippen LogP contribution in [0.1, 0.15) is 36.5 Å². The van der Waals surface area contributed by atoms with Gasteiger partial charge in [-0.15, -0.1) is 0 Å². The molecule has 0 spiro atoms. The molecule has 1 fully saturated rings. The molecule has 1 aliphatic heterocycles. The second-order valence-electron chi connectivity index (χ2n) is 5.58. The number of nitriles is 1. The highest BCUT2D eigenvalue weighted by Gasteiger charge is 2.50. The highest BCUT2D eigenvalue weighted by molar-refractivity contribution is 5.56. The second-order valence-corrected chi connectivity index (χ2v) is 5.58. The van der Waals surface area contributed by atoms with Crippen LogP contribution in [0.2, 0.25) is 0 Å². The van der Waals surface area contributed by atoms with Crippen LogP contribution < -0.4 is 4.90 Å². The van der Waals surface area contributed by atoms with Gasteiger partial charge in [-0.05, 0) is 42.9 Å². The van der Waals surface area contributed by atoms with Crippen LogP contribution in [0.15, 0.2) is 18.2 Å². The van der Waals surface area contributed by atoms with Crippen LogP contribution in [-0.2, 0) is 6.42 Å². The Morgan fingerprint density at radius 1 is 1.44 bits per heavy atom. The molecule has 3 nitrogen and oxygen atoms in total. The van der Waals surface area contributed by atoms with E-state index in [1.165, 1.54) is 11.3 Å². The number of fused-ring (bicyclic) bond motifs is 1. The SMILES string of the molecule is CN1CCCc2cc(C(O)C3(C#N)CC3)ccc21. The van der Waals surface area contributed by atoms with Crippen LogP contribution in [0.5, 0.6) is 0 Å². The fourth-order valence-electron chi connectivity index (χ4n) is 2.88. The van der Waals surface area contributed by atoms with Gasteiger partial charge in [-0.25, -0.2) is 0 Å². The number of aliphatic hydroxyl groups excluding tert-OH is 1. The highest BCUT2D eigenvalue weighted by atomic mass is 16.3. The number of hydrogen-bond acceptors (Lipinski definition) is 3. The zero-order chi connectivity index (χ0) is 12.8. The van der Waals surface area contributed by atoms with Gasteiger partial charge in [-0.2, -0.15) is 5.26 Å². The van der Waals surface area contributed by atoms with E-state index < -0.39 is 11.5 Å². The predicted molar refractivity (Wildman–Crippen MR) is 70.3 cm³/mol. The molecule has 1 atom stereocenters. The third-order valence-corrected chi connectivity index (χ3v) is 4.30. The number of benzene rings is 1. The Labute approximate surface area is 108 Å². The molecule has 94 valence electrons. The summed E-state index contributed by atoms with van der Waals surface area (Å²) in [5.41, 5.74) is 2.96. The molecule has 0 amide bonds. The van der Waals surface area contributed by atoms with Gasteiger partial charge < -0.3 is 10.0 Å². The summed E-state index contributed by atoms with van der Waals surface area (Å²) in [6, 6.07) is 8.43. The molecule has 0 saturated heterocycles. The molecule has 0 aromatic heterocycles. The fourth-order valence-corrected chi connectivity index (χ4v) is 2.88. The van der Waals surface area contributed by atoms with Crippen molar-refractivity contribution < 1.29 is 5.11 Å². The van der Waals surface area contributed by atoms with Gasteiger partial charge in [-0.1, -0.05) is 12.1 Å². The van der Waals surface area contributed by atoms with Gasteiger partial charge in [0.15, 0.2) is 0 Å². The number of hydrogen-bond donors (Lipinski definition) is 1. The number of anilines is 1. The predicted octanol–water partition coefficient (Wildman–Crippen LogP) is 2.41. The third-order valence-electron chi connectivity index (χ3n) is 4.30. The van der Waals surface area contributed by atoms with Crippen LogP contribution in [0.25, 0.3) is 0 Å². The number of aliphatic hydroxyl groups is 1. The standard InChI is InChI=1S/C15H18N2O/c1-17-8-2-3-11-9-12(4-5-13(11)17)14(18)15(10-16)6-7-15/h4-5,9,14,18H,2-3,6-8H2,1H3. The van der Waals surface area contributed by atoms with Gasteiger partial charge in [0.2, 0.25) is 0 Å². The molecule has 0 bridgehead atoms. The summed E-state index contributed by atoms with van der Waals surface area (Å²) < 4.78 is 0. The monoisotopic (exact) mass is 242 g/mol. The quantitative estimate of drug-likeness (QED) is 0.866. The van der Waals surface area contributed by atoms with Gasteiger partial charge >= 0.3 is 0 Å². The van der Waals surface area contributed by atoms with E-state index in [0.29, 0.717) is 0 Å². The summed E-state index contributed by atoms with van der Waals surface area (Å²) in [4.78, 5) is 2.26. The summed E-state index contributed by atoms with van der Waals surface area (Å²) in [6.07, 6.45) is 3.25. The fraction of sp³-hybridized carbons (Fsp3) is 0.533. The maximum atomic E-state index is 10.3. The molecule has 2 aliphatic rings. The molecule has 0 radical (unpaired) electrons. The number of rotatable bonds is 2. The minimum absolute atomic E-state index is 0.505. The van der Waals surface area contributed by atoms with E-state index in [1.54, 1.807) is 0 Å².